The van der Waals surface area contributed by atoms with Crippen LogP contribution in [0.2, 0.25) is 0 Å². The molecule has 1 nitrogen and oxygen atoms in total. The highest BCUT2D eigenvalue weighted by Crippen LogP contribution is 2.24. The fourth-order valence-electron chi connectivity index (χ4n) is 1.30. The Balaban J connectivity index is 2.94. The maximum absolute atomic E-state index is 13.0. The number of rotatable bonds is 3. The average Bonchev–Trinajstić information content (AvgIpc) is 2.14. The van der Waals surface area contributed by atoms with Crippen LogP contribution in [0.25, 0.3) is 0 Å². The van der Waals surface area contributed by atoms with Crippen molar-refractivity contribution in [2.45, 2.75) is 25.4 Å². The van der Waals surface area contributed by atoms with Crippen LogP contribution in [0.15, 0.2) is 22.7 Å². The molecule has 1 rings (SSSR count). The summed E-state index contributed by atoms with van der Waals surface area (Å²) in [7, 11) is 0. The van der Waals surface area contributed by atoms with E-state index < -0.39 is 6.10 Å². The molecule has 0 amide bonds. The average molecular weight is 260 g/mol. The Labute approximate surface area is 92.1 Å². The first kappa shape index (κ1) is 11.7. The van der Waals surface area contributed by atoms with E-state index >= 15 is 0 Å². The van der Waals surface area contributed by atoms with E-state index in [0.717, 1.165) is 0 Å². The molecule has 0 bridgehead atoms. The zero-order chi connectivity index (χ0) is 10.7. The van der Waals surface area contributed by atoms with Crippen LogP contribution in [0.1, 0.15) is 24.8 Å². The van der Waals surface area contributed by atoms with Gasteiger partial charge in [0.25, 0.3) is 0 Å². The molecule has 0 heterocycles. The van der Waals surface area contributed by atoms with Gasteiger partial charge >= 0.3 is 0 Å². The Bertz CT molecular complexity index is 294. The maximum atomic E-state index is 13.0. The summed E-state index contributed by atoms with van der Waals surface area (Å²) in [4.78, 5) is 0. The van der Waals surface area contributed by atoms with E-state index in [-0.39, 0.29) is 11.7 Å². The van der Waals surface area contributed by atoms with Crippen molar-refractivity contribution in [3.05, 3.63) is 41.0 Å². The summed E-state index contributed by atoms with van der Waals surface area (Å²) in [6, 6.07) is 4.56. The molecule has 1 aromatic carbocycles. The number of aliphatic hydroxyl groups is 1. The first-order valence-corrected chi connectivity index (χ1v) is 5.31. The second-order valence-electron chi connectivity index (χ2n) is 3.28. The SMILES string of the molecule is [CH2]C(c1cc(F)cc(Br)c1)C(O)CC. The first-order valence-electron chi connectivity index (χ1n) is 4.51. The molecular weight excluding hydrogens is 247 g/mol. The van der Waals surface area contributed by atoms with Gasteiger partial charge in [-0.15, -0.1) is 0 Å². The van der Waals surface area contributed by atoms with Gasteiger partial charge in [-0.25, -0.2) is 4.39 Å². The van der Waals surface area contributed by atoms with E-state index in [1.807, 2.05) is 6.92 Å². The molecule has 0 aliphatic heterocycles. The molecular formula is C11H13BrFO. The van der Waals surface area contributed by atoms with E-state index in [9.17, 15) is 9.50 Å². The van der Waals surface area contributed by atoms with Gasteiger partial charge in [0, 0.05) is 10.4 Å². The summed E-state index contributed by atoms with van der Waals surface area (Å²) in [5.74, 6) is -0.599. The fraction of sp³-hybridized carbons (Fsp3) is 0.364. The third kappa shape index (κ3) is 2.79. The van der Waals surface area contributed by atoms with Gasteiger partial charge in [0.1, 0.15) is 5.82 Å². The normalized spacial score (nSPS) is 15.2. The third-order valence-electron chi connectivity index (χ3n) is 2.20. The molecule has 0 aliphatic carbocycles. The van der Waals surface area contributed by atoms with Gasteiger partial charge in [0.15, 0.2) is 0 Å². The number of benzene rings is 1. The van der Waals surface area contributed by atoms with Crippen molar-refractivity contribution in [3.63, 3.8) is 0 Å². The van der Waals surface area contributed by atoms with Gasteiger partial charge in [-0.1, -0.05) is 22.9 Å². The summed E-state index contributed by atoms with van der Waals surface area (Å²) in [6.07, 6.45) is 0.0890. The molecule has 2 unspecified atom stereocenters. The highest BCUT2D eigenvalue weighted by atomic mass is 79.9. The van der Waals surface area contributed by atoms with Gasteiger partial charge in [-0.05, 0) is 37.1 Å². The predicted octanol–water partition coefficient (Wildman–Crippen LogP) is 3.28. The molecule has 1 N–H and O–H groups in total. The van der Waals surface area contributed by atoms with Gasteiger partial charge < -0.3 is 5.11 Å². The summed E-state index contributed by atoms with van der Waals surface area (Å²) in [6.45, 7) is 5.70. The van der Waals surface area contributed by atoms with E-state index in [0.29, 0.717) is 16.5 Å². The zero-order valence-electron chi connectivity index (χ0n) is 8.00. The maximum Gasteiger partial charge on any atom is 0.124 e. The topological polar surface area (TPSA) is 20.2 Å². The minimum atomic E-state index is -0.524. The Kier molecular flexibility index (Phi) is 4.08. The van der Waals surface area contributed by atoms with Crippen LogP contribution in [0, 0.1) is 12.7 Å². The van der Waals surface area contributed by atoms with Crippen LogP contribution in [0.4, 0.5) is 4.39 Å². The van der Waals surface area contributed by atoms with E-state index in [1.165, 1.54) is 12.1 Å². The fourth-order valence-corrected chi connectivity index (χ4v) is 1.78. The molecule has 0 saturated heterocycles. The third-order valence-corrected chi connectivity index (χ3v) is 2.65. The summed E-state index contributed by atoms with van der Waals surface area (Å²) in [5.41, 5.74) is 0.714. The summed E-state index contributed by atoms with van der Waals surface area (Å²) in [5, 5.41) is 9.56. The van der Waals surface area contributed by atoms with E-state index in [2.05, 4.69) is 22.9 Å². The second kappa shape index (κ2) is 4.89. The van der Waals surface area contributed by atoms with Crippen molar-refractivity contribution in [2.24, 2.45) is 0 Å². The standard InChI is InChI=1S/C11H13BrFO/c1-3-11(14)7(2)8-4-9(12)6-10(13)5-8/h4-7,11,14H,2-3H2,1H3. The van der Waals surface area contributed by atoms with E-state index in [4.69, 9.17) is 0 Å². The Hall–Kier alpha value is -0.410. The largest absolute Gasteiger partial charge is 0.393 e. The Morgan fingerprint density at radius 1 is 1.50 bits per heavy atom. The van der Waals surface area contributed by atoms with Crippen LogP contribution in [0.3, 0.4) is 0 Å². The molecule has 0 spiro atoms. The highest BCUT2D eigenvalue weighted by Gasteiger charge is 2.15. The van der Waals surface area contributed by atoms with Gasteiger partial charge in [0.2, 0.25) is 0 Å². The second-order valence-corrected chi connectivity index (χ2v) is 4.20. The lowest BCUT2D eigenvalue weighted by molar-refractivity contribution is 0.154. The Morgan fingerprint density at radius 3 is 2.64 bits per heavy atom. The highest BCUT2D eigenvalue weighted by molar-refractivity contribution is 9.10. The number of halogens is 2. The lowest BCUT2D eigenvalue weighted by atomic mass is 9.94. The number of hydrogen-bond donors (Lipinski definition) is 1. The van der Waals surface area contributed by atoms with Crippen molar-refractivity contribution in [3.8, 4) is 0 Å². The molecule has 1 radical (unpaired) electrons. The van der Waals surface area contributed by atoms with Crippen molar-refractivity contribution < 1.29 is 9.50 Å². The van der Waals surface area contributed by atoms with Crippen LogP contribution in [-0.2, 0) is 0 Å². The zero-order valence-corrected chi connectivity index (χ0v) is 9.59. The molecule has 0 aromatic heterocycles. The van der Waals surface area contributed by atoms with Gasteiger partial charge in [0.05, 0.1) is 6.10 Å². The molecule has 77 valence electrons. The van der Waals surface area contributed by atoms with Crippen molar-refractivity contribution in [1.82, 2.24) is 0 Å². The molecule has 0 aliphatic rings. The minimum absolute atomic E-state index is 0.285. The lowest BCUT2D eigenvalue weighted by Gasteiger charge is -2.17. The predicted molar refractivity (Wildman–Crippen MR) is 58.5 cm³/mol. The van der Waals surface area contributed by atoms with Crippen molar-refractivity contribution in [1.29, 1.82) is 0 Å². The lowest BCUT2D eigenvalue weighted by Crippen LogP contribution is -2.14. The first-order chi connectivity index (χ1) is 6.54. The van der Waals surface area contributed by atoms with Crippen LogP contribution < -0.4 is 0 Å². The van der Waals surface area contributed by atoms with E-state index in [1.54, 1.807) is 6.07 Å². The van der Waals surface area contributed by atoms with Crippen molar-refractivity contribution >= 4 is 15.9 Å². The van der Waals surface area contributed by atoms with Crippen LogP contribution >= 0.6 is 15.9 Å². The molecule has 0 saturated carbocycles. The monoisotopic (exact) mass is 259 g/mol. The minimum Gasteiger partial charge on any atom is -0.393 e. The van der Waals surface area contributed by atoms with Crippen molar-refractivity contribution in [2.75, 3.05) is 0 Å². The number of aliphatic hydroxyl groups excluding tert-OH is 1. The molecule has 1 aromatic rings. The molecule has 3 heteroatoms. The van der Waals surface area contributed by atoms with Gasteiger partial charge in [-0.3, -0.25) is 0 Å². The Morgan fingerprint density at radius 2 is 2.14 bits per heavy atom. The molecule has 2 atom stereocenters. The number of hydrogen-bond acceptors (Lipinski definition) is 1. The smallest absolute Gasteiger partial charge is 0.124 e. The van der Waals surface area contributed by atoms with Crippen LogP contribution in [0.5, 0.6) is 0 Å². The summed E-state index contributed by atoms with van der Waals surface area (Å²) < 4.78 is 13.7. The van der Waals surface area contributed by atoms with Gasteiger partial charge in [-0.2, -0.15) is 0 Å². The summed E-state index contributed by atoms with van der Waals surface area (Å²) >= 11 is 3.20. The quantitative estimate of drug-likeness (QED) is 0.884. The molecule has 0 fully saturated rings. The van der Waals surface area contributed by atoms with Crippen LogP contribution in [-0.4, -0.2) is 11.2 Å². The molecule has 14 heavy (non-hydrogen) atoms.